The van der Waals surface area contributed by atoms with Crippen LogP contribution in [0.1, 0.15) is 32.1 Å². The Hall–Kier alpha value is -1.94. The van der Waals surface area contributed by atoms with Crippen LogP contribution in [0.3, 0.4) is 0 Å². The molecule has 3 aliphatic carbocycles. The van der Waals surface area contributed by atoms with E-state index in [0.717, 1.165) is 10.8 Å². The van der Waals surface area contributed by atoms with Crippen LogP contribution in [-0.2, 0) is 10.1 Å². The lowest BCUT2D eigenvalue weighted by Crippen LogP contribution is -2.33. The van der Waals surface area contributed by atoms with Crippen molar-refractivity contribution in [2.45, 2.75) is 62.4 Å². The van der Waals surface area contributed by atoms with Crippen molar-refractivity contribution in [3.05, 3.63) is 84.9 Å². The van der Waals surface area contributed by atoms with Crippen molar-refractivity contribution in [2.75, 3.05) is 0 Å². The predicted molar refractivity (Wildman–Crippen MR) is 139 cm³/mol. The van der Waals surface area contributed by atoms with Gasteiger partial charge in [-0.15, -0.1) is 20.2 Å². The molecule has 0 aromatic heterocycles. The van der Waals surface area contributed by atoms with Crippen molar-refractivity contribution < 1.29 is 25.2 Å². The minimum atomic E-state index is -5.78. The zero-order chi connectivity index (χ0) is 25.4. The van der Waals surface area contributed by atoms with Crippen molar-refractivity contribution in [1.82, 2.24) is 0 Å². The summed E-state index contributed by atoms with van der Waals surface area (Å²) in [6.07, 6.45) is 6.37. The zero-order valence-corrected chi connectivity index (χ0v) is 21.9. The molecule has 3 aromatic rings. The van der Waals surface area contributed by atoms with Gasteiger partial charge in [-0.2, -0.15) is 13.2 Å². The first kappa shape index (κ1) is 25.7. The first-order valence-corrected chi connectivity index (χ1v) is 15.9. The van der Waals surface area contributed by atoms with Gasteiger partial charge >= 0.3 is 15.6 Å². The van der Waals surface area contributed by atoms with E-state index in [2.05, 4.69) is 3.63 Å². The summed E-state index contributed by atoms with van der Waals surface area (Å²) in [6.45, 7) is 0. The van der Waals surface area contributed by atoms with E-state index in [4.69, 9.17) is 0 Å². The molecule has 1 N–H and O–H groups in total. The number of rotatable bonds is 7. The topological polar surface area (TPSA) is 46.9 Å². The zero-order valence-electron chi connectivity index (χ0n) is 19.5. The summed E-state index contributed by atoms with van der Waals surface area (Å²) in [5, 5.41) is 0.555. The second-order valence-corrected chi connectivity index (χ2v) is 15.2. The molecule has 36 heavy (non-hydrogen) atoms. The van der Waals surface area contributed by atoms with Gasteiger partial charge in [0, 0.05) is 10.1 Å². The Morgan fingerprint density at radius 1 is 0.722 bits per heavy atom. The van der Waals surface area contributed by atoms with Gasteiger partial charge in [-0.1, -0.05) is 49.2 Å². The van der Waals surface area contributed by atoms with Crippen LogP contribution < -0.4 is 0 Å². The highest BCUT2D eigenvalue weighted by molar-refractivity contribution is 8.32. The maximum Gasteiger partial charge on any atom is 0.572 e. The number of alkyl halides is 3. The molecule has 0 heterocycles. The van der Waals surface area contributed by atoms with Gasteiger partial charge in [-0.05, 0) is 79.6 Å². The van der Waals surface area contributed by atoms with Crippen molar-refractivity contribution in [3.63, 3.8) is 0 Å². The summed E-state index contributed by atoms with van der Waals surface area (Å²) in [4.78, 5) is 2.34. The lowest BCUT2D eigenvalue weighted by molar-refractivity contribution is -0.0540. The van der Waals surface area contributed by atoms with Crippen LogP contribution in [0.4, 0.5) is 13.2 Å². The van der Waals surface area contributed by atoms with Gasteiger partial charge < -0.3 is 0 Å². The Morgan fingerprint density at radius 2 is 1.22 bits per heavy atom. The third kappa shape index (κ3) is 4.95. The minimum absolute atomic E-state index is 0.425. The SMILES string of the molecule is O=S(=O)([OH+]S(c1ccccc1)(c1ccccc1)c1ccc(SC2CC3CCC2CC3)cc1)C(F)(F)F. The van der Waals surface area contributed by atoms with Crippen molar-refractivity contribution in [2.24, 2.45) is 11.8 Å². The average molecular weight is 554 g/mol. The molecule has 0 saturated heterocycles. The standard InChI is InChI=1S/C27H27F3O3S3/c28-27(29,30)36(31,32)33-35(23-7-3-1-4-8-23,24-9-5-2-6-10-24)25-17-15-22(16-18-25)34-26-19-20-11-13-21(26)14-12-20/h1-10,15-18,20-21,26H,11-14,19H2/p+1. The predicted octanol–water partition coefficient (Wildman–Crippen LogP) is 8.50. The lowest BCUT2D eigenvalue weighted by Gasteiger charge is -2.42. The van der Waals surface area contributed by atoms with Crippen LogP contribution in [0, 0.1) is 11.8 Å². The Morgan fingerprint density at radius 3 is 1.67 bits per heavy atom. The fraction of sp³-hybridized carbons (Fsp3) is 0.333. The maximum atomic E-state index is 13.6. The second kappa shape index (κ2) is 10.1. The van der Waals surface area contributed by atoms with Crippen molar-refractivity contribution in [3.8, 4) is 0 Å². The highest BCUT2D eigenvalue weighted by Gasteiger charge is 2.57. The summed E-state index contributed by atoms with van der Waals surface area (Å²) in [5.74, 6) is 1.51. The van der Waals surface area contributed by atoms with Gasteiger partial charge in [0.05, 0.1) is 25.0 Å². The summed E-state index contributed by atoms with van der Waals surface area (Å²) in [7, 11) is -8.91. The van der Waals surface area contributed by atoms with E-state index < -0.39 is 25.9 Å². The van der Waals surface area contributed by atoms with Gasteiger partial charge in [0.25, 0.3) is 0 Å². The molecule has 3 nitrogen and oxygen atoms in total. The average Bonchev–Trinajstić information content (AvgIpc) is 2.89. The molecule has 0 radical (unpaired) electrons. The number of fused-ring (bicyclic) bond motifs is 3. The highest BCUT2D eigenvalue weighted by atomic mass is 32.3. The van der Waals surface area contributed by atoms with Crippen LogP contribution in [0.2, 0.25) is 0 Å². The summed E-state index contributed by atoms with van der Waals surface area (Å²) < 4.78 is 69.7. The van der Waals surface area contributed by atoms with Gasteiger partial charge in [-0.3, -0.25) is 3.63 Å². The lowest BCUT2D eigenvalue weighted by atomic mass is 9.70. The Labute approximate surface area is 216 Å². The number of thioether (sulfide) groups is 1. The Kier molecular flexibility index (Phi) is 7.20. The molecule has 192 valence electrons. The summed E-state index contributed by atoms with van der Waals surface area (Å²) in [5.41, 5.74) is -5.50. The molecular formula is C27H28F3O3S3+. The molecule has 6 rings (SSSR count). The van der Waals surface area contributed by atoms with E-state index in [1.165, 1.54) is 32.1 Å². The fourth-order valence-corrected chi connectivity index (χ4v) is 11.8. The Balaban J connectivity index is 1.59. The number of hydrogen-bond acceptors (Lipinski definition) is 3. The highest BCUT2D eigenvalue weighted by Crippen LogP contribution is 2.69. The molecule has 3 saturated carbocycles. The third-order valence-corrected chi connectivity index (χ3v) is 13.7. The summed E-state index contributed by atoms with van der Waals surface area (Å²) in [6, 6.07) is 24.2. The molecule has 3 fully saturated rings. The van der Waals surface area contributed by atoms with E-state index in [1.807, 2.05) is 23.9 Å². The smallest absolute Gasteiger partial charge is 0.255 e. The monoisotopic (exact) mass is 553 g/mol. The molecule has 9 heteroatoms. The number of hydrogen-bond donors (Lipinski definition) is 0. The van der Waals surface area contributed by atoms with Crippen LogP contribution in [0.5, 0.6) is 0 Å². The normalized spacial score (nSPS) is 22.9. The molecule has 3 aliphatic rings. The van der Waals surface area contributed by atoms with Gasteiger partial charge in [0.15, 0.2) is 0 Å². The molecule has 0 amide bonds. The first-order valence-electron chi connectivity index (χ1n) is 11.9. The van der Waals surface area contributed by atoms with E-state index >= 15 is 0 Å². The van der Waals surface area contributed by atoms with Crippen LogP contribution in [-0.4, -0.2) is 22.8 Å². The quantitative estimate of drug-likeness (QED) is 0.167. The molecule has 2 bridgehead atoms. The van der Waals surface area contributed by atoms with Crippen LogP contribution in [0.25, 0.3) is 0 Å². The molecule has 0 spiro atoms. The second-order valence-electron chi connectivity index (χ2n) is 9.35. The first-order chi connectivity index (χ1) is 17.2. The van der Waals surface area contributed by atoms with E-state index in [-0.39, 0.29) is 0 Å². The molecule has 1 unspecified atom stereocenters. The minimum Gasteiger partial charge on any atom is -0.255 e. The van der Waals surface area contributed by atoms with Gasteiger partial charge in [0.2, 0.25) is 0 Å². The summed E-state index contributed by atoms with van der Waals surface area (Å²) >= 11 is 1.84. The molecule has 0 aliphatic heterocycles. The number of halogens is 3. The third-order valence-electron chi connectivity index (χ3n) is 7.11. The van der Waals surface area contributed by atoms with Gasteiger partial charge in [0.1, 0.15) is 0 Å². The largest absolute Gasteiger partial charge is 0.572 e. The molecule has 1 atom stereocenters. The molecular weight excluding hydrogens is 525 g/mol. The van der Waals surface area contributed by atoms with Gasteiger partial charge in [-0.25, -0.2) is 0 Å². The van der Waals surface area contributed by atoms with E-state index in [1.54, 1.807) is 72.8 Å². The fourth-order valence-electron chi connectivity index (χ4n) is 5.31. The maximum absolute atomic E-state index is 13.6. The Bertz CT molecular complexity index is 1230. The van der Waals surface area contributed by atoms with Crippen LogP contribution in [0.15, 0.2) is 105 Å². The molecule has 3 aromatic carbocycles. The number of benzene rings is 3. The van der Waals surface area contributed by atoms with Crippen molar-refractivity contribution in [1.29, 1.82) is 0 Å². The van der Waals surface area contributed by atoms with E-state index in [9.17, 15) is 21.6 Å². The van der Waals surface area contributed by atoms with Crippen LogP contribution >= 0.6 is 22.1 Å². The van der Waals surface area contributed by atoms with E-state index in [0.29, 0.717) is 25.9 Å². The van der Waals surface area contributed by atoms with Crippen molar-refractivity contribution >= 4 is 32.2 Å².